The molecule has 3 N–H and O–H groups in total. The van der Waals surface area contributed by atoms with Crippen molar-refractivity contribution in [1.29, 1.82) is 0 Å². The Morgan fingerprint density at radius 3 is 2.47 bits per heavy atom. The van der Waals surface area contributed by atoms with Gasteiger partial charge < -0.3 is 11.1 Å². The fourth-order valence-corrected chi connectivity index (χ4v) is 4.58. The Bertz CT molecular complexity index is 334. The summed E-state index contributed by atoms with van der Waals surface area (Å²) in [6.45, 7) is 0. The van der Waals surface area contributed by atoms with Crippen LogP contribution in [-0.4, -0.2) is 27.9 Å². The second kappa shape index (κ2) is 6.93. The maximum absolute atomic E-state index is 12.3. The van der Waals surface area contributed by atoms with E-state index in [4.69, 9.17) is 18.0 Å². The fourth-order valence-electron chi connectivity index (χ4n) is 3.12. The number of carbonyl (C=O) groups excluding carboxylic acids is 1. The van der Waals surface area contributed by atoms with Gasteiger partial charge in [-0.2, -0.15) is 11.8 Å². The molecule has 0 aromatic rings. The first kappa shape index (κ1) is 15.1. The van der Waals surface area contributed by atoms with Crippen molar-refractivity contribution < 1.29 is 4.79 Å². The van der Waals surface area contributed by atoms with E-state index in [1.54, 1.807) is 0 Å². The van der Waals surface area contributed by atoms with Crippen molar-refractivity contribution in [3.63, 3.8) is 0 Å². The van der Waals surface area contributed by atoms with Gasteiger partial charge in [0.15, 0.2) is 0 Å². The summed E-state index contributed by atoms with van der Waals surface area (Å²) in [5.74, 6) is 3.08. The predicted octanol–water partition coefficient (Wildman–Crippen LogP) is 2.62. The number of rotatable bonds is 4. The van der Waals surface area contributed by atoms with E-state index in [9.17, 15) is 4.79 Å². The van der Waals surface area contributed by atoms with Gasteiger partial charge in [0.1, 0.15) is 0 Å². The number of nitrogens with one attached hydrogen (secondary N) is 1. The molecule has 0 aromatic heterocycles. The number of carbonyl (C=O) groups is 1. The van der Waals surface area contributed by atoms with Gasteiger partial charge in [-0.15, -0.1) is 0 Å². The lowest BCUT2D eigenvalue weighted by Crippen LogP contribution is -2.57. The topological polar surface area (TPSA) is 55.1 Å². The molecule has 0 atom stereocenters. The van der Waals surface area contributed by atoms with Gasteiger partial charge in [-0.1, -0.05) is 31.5 Å². The molecule has 2 aliphatic rings. The Morgan fingerprint density at radius 1 is 1.26 bits per heavy atom. The van der Waals surface area contributed by atoms with Gasteiger partial charge in [-0.25, -0.2) is 0 Å². The number of nitrogens with two attached hydrogens (primary N) is 1. The molecule has 19 heavy (non-hydrogen) atoms. The van der Waals surface area contributed by atoms with E-state index in [0.29, 0.717) is 17.3 Å². The molecule has 1 amide bonds. The van der Waals surface area contributed by atoms with Crippen molar-refractivity contribution in [1.82, 2.24) is 5.32 Å². The summed E-state index contributed by atoms with van der Waals surface area (Å²) >= 11 is 7.20. The van der Waals surface area contributed by atoms with Crippen molar-refractivity contribution in [2.24, 2.45) is 11.7 Å². The zero-order valence-electron chi connectivity index (χ0n) is 11.5. The van der Waals surface area contributed by atoms with Crippen molar-refractivity contribution in [3.05, 3.63) is 0 Å². The first-order chi connectivity index (χ1) is 9.12. The molecule has 2 fully saturated rings. The number of amides is 1. The first-order valence-corrected chi connectivity index (χ1v) is 8.87. The van der Waals surface area contributed by atoms with Crippen molar-refractivity contribution in [2.45, 2.75) is 56.9 Å². The van der Waals surface area contributed by atoms with Crippen LogP contribution in [-0.2, 0) is 4.79 Å². The molecule has 3 nitrogen and oxygen atoms in total. The van der Waals surface area contributed by atoms with Crippen LogP contribution in [0.15, 0.2) is 0 Å². The van der Waals surface area contributed by atoms with E-state index in [1.807, 2.05) is 11.8 Å². The zero-order valence-corrected chi connectivity index (χ0v) is 13.1. The van der Waals surface area contributed by atoms with Crippen molar-refractivity contribution in [3.8, 4) is 0 Å². The van der Waals surface area contributed by atoms with Crippen LogP contribution in [0.3, 0.4) is 0 Å². The van der Waals surface area contributed by atoms with E-state index in [0.717, 1.165) is 38.5 Å². The van der Waals surface area contributed by atoms with Crippen LogP contribution in [0.4, 0.5) is 0 Å². The number of hydrogen-bond donors (Lipinski definition) is 2. The van der Waals surface area contributed by atoms with Crippen LogP contribution in [0.1, 0.15) is 51.4 Å². The van der Waals surface area contributed by atoms with Crippen LogP contribution >= 0.6 is 24.0 Å². The molecular formula is C14H24N2OS2. The molecular weight excluding hydrogens is 276 g/mol. The molecule has 1 aliphatic heterocycles. The van der Waals surface area contributed by atoms with Gasteiger partial charge in [0.25, 0.3) is 0 Å². The SMILES string of the molecule is NC(=S)C1(NC(=O)CC2CCSCC2)CCCCC1. The minimum Gasteiger partial charge on any atom is -0.391 e. The number of thiocarbonyl (C=S) groups is 1. The molecule has 1 aliphatic carbocycles. The van der Waals surface area contributed by atoms with Gasteiger partial charge in [-0.3, -0.25) is 4.79 Å². The van der Waals surface area contributed by atoms with Crippen molar-refractivity contribution >= 4 is 34.9 Å². The highest BCUT2D eigenvalue weighted by atomic mass is 32.2. The van der Waals surface area contributed by atoms with Gasteiger partial charge in [0.05, 0.1) is 10.5 Å². The van der Waals surface area contributed by atoms with Gasteiger partial charge in [-0.05, 0) is 43.1 Å². The van der Waals surface area contributed by atoms with E-state index < -0.39 is 5.54 Å². The minimum atomic E-state index is -0.395. The fraction of sp³-hybridized carbons (Fsp3) is 0.857. The molecule has 1 saturated carbocycles. The molecule has 2 rings (SSSR count). The molecule has 1 saturated heterocycles. The quantitative estimate of drug-likeness (QED) is 0.784. The largest absolute Gasteiger partial charge is 0.391 e. The van der Waals surface area contributed by atoms with E-state index in [-0.39, 0.29) is 5.91 Å². The van der Waals surface area contributed by atoms with Crippen LogP contribution in [0, 0.1) is 5.92 Å². The average molecular weight is 300 g/mol. The second-order valence-corrected chi connectivity index (χ2v) is 7.48. The van der Waals surface area contributed by atoms with Crippen LogP contribution in [0.25, 0.3) is 0 Å². The molecule has 108 valence electrons. The molecule has 0 radical (unpaired) electrons. The Kier molecular flexibility index (Phi) is 5.51. The lowest BCUT2D eigenvalue weighted by atomic mass is 9.81. The lowest BCUT2D eigenvalue weighted by Gasteiger charge is -2.37. The van der Waals surface area contributed by atoms with E-state index >= 15 is 0 Å². The van der Waals surface area contributed by atoms with E-state index in [2.05, 4.69) is 5.32 Å². The number of thioether (sulfide) groups is 1. The normalized spacial score (nSPS) is 23.8. The molecule has 0 unspecified atom stereocenters. The molecule has 0 bridgehead atoms. The Labute approximate surface area is 125 Å². The summed E-state index contributed by atoms with van der Waals surface area (Å²) in [6.07, 6.45) is 8.24. The maximum atomic E-state index is 12.3. The highest BCUT2D eigenvalue weighted by Gasteiger charge is 2.36. The standard InChI is InChI=1S/C14H24N2OS2/c15-13(18)14(6-2-1-3-7-14)16-12(17)10-11-4-8-19-9-5-11/h11H,1-10H2,(H2,15,18)(H,16,17). The van der Waals surface area contributed by atoms with Crippen LogP contribution in [0.2, 0.25) is 0 Å². The number of hydrogen-bond acceptors (Lipinski definition) is 3. The first-order valence-electron chi connectivity index (χ1n) is 7.31. The minimum absolute atomic E-state index is 0.145. The van der Waals surface area contributed by atoms with Gasteiger partial charge in [0.2, 0.25) is 5.91 Å². The summed E-state index contributed by atoms with van der Waals surface area (Å²) < 4.78 is 0. The Balaban J connectivity index is 1.89. The third kappa shape index (κ3) is 4.09. The predicted molar refractivity (Wildman–Crippen MR) is 85.4 cm³/mol. The monoisotopic (exact) mass is 300 g/mol. The molecule has 0 aromatic carbocycles. The molecule has 5 heteroatoms. The van der Waals surface area contributed by atoms with Crippen molar-refractivity contribution in [2.75, 3.05) is 11.5 Å². The maximum Gasteiger partial charge on any atom is 0.221 e. The summed E-state index contributed by atoms with van der Waals surface area (Å²) in [4.78, 5) is 12.7. The molecule has 1 heterocycles. The summed E-state index contributed by atoms with van der Waals surface area (Å²) in [5.41, 5.74) is 5.50. The van der Waals surface area contributed by atoms with Crippen LogP contribution < -0.4 is 11.1 Å². The van der Waals surface area contributed by atoms with E-state index in [1.165, 1.54) is 17.9 Å². The summed E-state index contributed by atoms with van der Waals surface area (Å²) in [6, 6.07) is 0. The second-order valence-electron chi connectivity index (χ2n) is 5.82. The Morgan fingerprint density at radius 2 is 1.89 bits per heavy atom. The lowest BCUT2D eigenvalue weighted by molar-refractivity contribution is -0.123. The highest BCUT2D eigenvalue weighted by molar-refractivity contribution is 7.99. The smallest absolute Gasteiger partial charge is 0.221 e. The van der Waals surface area contributed by atoms with Gasteiger partial charge in [0, 0.05) is 6.42 Å². The third-order valence-corrected chi connectivity index (χ3v) is 5.81. The Hall–Kier alpha value is -0.290. The van der Waals surface area contributed by atoms with Crippen LogP contribution in [0.5, 0.6) is 0 Å². The third-order valence-electron chi connectivity index (χ3n) is 4.37. The zero-order chi connectivity index (χ0) is 13.7. The van der Waals surface area contributed by atoms with Gasteiger partial charge >= 0.3 is 0 Å². The summed E-state index contributed by atoms with van der Waals surface area (Å²) in [7, 11) is 0. The molecule has 0 spiro atoms. The average Bonchev–Trinajstić information content (AvgIpc) is 2.40. The highest BCUT2D eigenvalue weighted by Crippen LogP contribution is 2.30. The summed E-state index contributed by atoms with van der Waals surface area (Å²) in [5, 5.41) is 3.17.